The highest BCUT2D eigenvalue weighted by atomic mass is 19.1. The lowest BCUT2D eigenvalue weighted by Crippen LogP contribution is -1.86. The Morgan fingerprint density at radius 1 is 1.46 bits per heavy atom. The highest BCUT2D eigenvalue weighted by Crippen LogP contribution is 2.18. The van der Waals surface area contributed by atoms with Crippen LogP contribution in [0, 0.1) is 5.82 Å². The zero-order valence-corrected chi connectivity index (χ0v) is 6.57. The average molecular weight is 182 g/mol. The van der Waals surface area contributed by atoms with E-state index in [1.54, 1.807) is 0 Å². The lowest BCUT2D eigenvalue weighted by Gasteiger charge is -1.97. The van der Waals surface area contributed by atoms with Crippen LogP contribution in [0.1, 0.15) is 5.56 Å². The smallest absolute Gasteiger partial charge is 0.328 e. The van der Waals surface area contributed by atoms with Gasteiger partial charge in [0.25, 0.3) is 0 Å². The van der Waals surface area contributed by atoms with Gasteiger partial charge in [-0.15, -0.1) is 0 Å². The van der Waals surface area contributed by atoms with Crippen molar-refractivity contribution in [2.24, 2.45) is 0 Å². The Balaban J connectivity index is 3.00. The number of benzene rings is 1. The van der Waals surface area contributed by atoms with E-state index in [4.69, 9.17) is 10.2 Å². The van der Waals surface area contributed by atoms with Gasteiger partial charge < -0.3 is 10.2 Å². The van der Waals surface area contributed by atoms with Gasteiger partial charge in [-0.25, -0.2) is 9.18 Å². The Bertz CT molecular complexity index is 358. The molecule has 0 aliphatic carbocycles. The van der Waals surface area contributed by atoms with E-state index in [-0.39, 0.29) is 11.3 Å². The van der Waals surface area contributed by atoms with E-state index in [1.165, 1.54) is 0 Å². The second-order valence-electron chi connectivity index (χ2n) is 2.37. The lowest BCUT2D eigenvalue weighted by molar-refractivity contribution is -0.131. The van der Waals surface area contributed by atoms with Gasteiger partial charge in [-0.1, -0.05) is 0 Å². The zero-order chi connectivity index (χ0) is 9.84. The number of hydrogen-bond donors (Lipinski definition) is 2. The van der Waals surface area contributed by atoms with Gasteiger partial charge in [-0.3, -0.25) is 0 Å². The van der Waals surface area contributed by atoms with Crippen molar-refractivity contribution in [2.75, 3.05) is 0 Å². The zero-order valence-electron chi connectivity index (χ0n) is 6.57. The summed E-state index contributed by atoms with van der Waals surface area (Å²) in [5.74, 6) is -1.83. The molecule has 0 heterocycles. The highest BCUT2D eigenvalue weighted by Gasteiger charge is 1.99. The minimum Gasteiger partial charge on any atom is -0.507 e. The molecule has 0 radical (unpaired) electrons. The van der Waals surface area contributed by atoms with Gasteiger partial charge in [0.2, 0.25) is 0 Å². The van der Waals surface area contributed by atoms with Crippen LogP contribution in [0.5, 0.6) is 5.75 Å². The van der Waals surface area contributed by atoms with Gasteiger partial charge in [0.05, 0.1) is 0 Å². The van der Waals surface area contributed by atoms with Crippen LogP contribution in [0.4, 0.5) is 4.39 Å². The maximum atomic E-state index is 12.6. The Labute approximate surface area is 73.8 Å². The van der Waals surface area contributed by atoms with Crippen LogP contribution >= 0.6 is 0 Å². The number of hydrogen-bond acceptors (Lipinski definition) is 2. The molecule has 0 saturated heterocycles. The molecule has 0 fully saturated rings. The number of aliphatic carboxylic acids is 1. The molecule has 4 heteroatoms. The SMILES string of the molecule is O=C(O)/C=C/c1cc(F)ccc1O. The molecule has 13 heavy (non-hydrogen) atoms. The van der Waals surface area contributed by atoms with Crippen LogP contribution in [0.3, 0.4) is 0 Å². The summed E-state index contributed by atoms with van der Waals surface area (Å²) in [6, 6.07) is 3.30. The van der Waals surface area contributed by atoms with Crippen molar-refractivity contribution in [1.29, 1.82) is 0 Å². The fourth-order valence-electron chi connectivity index (χ4n) is 0.820. The predicted molar refractivity (Wildman–Crippen MR) is 44.7 cm³/mol. The first kappa shape index (κ1) is 9.25. The summed E-state index contributed by atoms with van der Waals surface area (Å²) in [4.78, 5) is 10.1. The second kappa shape index (κ2) is 3.71. The molecule has 1 rings (SSSR count). The third-order valence-corrected chi connectivity index (χ3v) is 1.40. The number of phenols is 1. The van der Waals surface area contributed by atoms with Crippen LogP contribution in [-0.4, -0.2) is 16.2 Å². The molecule has 1 aromatic carbocycles. The molecule has 0 amide bonds. The quantitative estimate of drug-likeness (QED) is 0.683. The first-order valence-electron chi connectivity index (χ1n) is 3.49. The lowest BCUT2D eigenvalue weighted by atomic mass is 10.2. The summed E-state index contributed by atoms with van der Waals surface area (Å²) in [5, 5.41) is 17.4. The minimum absolute atomic E-state index is 0.141. The molecule has 0 bridgehead atoms. The highest BCUT2D eigenvalue weighted by molar-refractivity contribution is 5.85. The number of aromatic hydroxyl groups is 1. The Hall–Kier alpha value is -1.84. The number of carbonyl (C=O) groups is 1. The van der Waals surface area contributed by atoms with E-state index >= 15 is 0 Å². The van der Waals surface area contributed by atoms with Crippen LogP contribution in [0.25, 0.3) is 6.08 Å². The largest absolute Gasteiger partial charge is 0.507 e. The molecule has 0 spiro atoms. The number of carboxylic acid groups (broad SMARTS) is 1. The summed E-state index contributed by atoms with van der Waals surface area (Å²) >= 11 is 0. The molecular formula is C9H7FO3. The van der Waals surface area contributed by atoms with E-state index in [0.717, 1.165) is 30.4 Å². The molecule has 0 atom stereocenters. The van der Waals surface area contributed by atoms with E-state index in [2.05, 4.69) is 0 Å². The van der Waals surface area contributed by atoms with Crippen molar-refractivity contribution in [3.63, 3.8) is 0 Å². The van der Waals surface area contributed by atoms with Gasteiger partial charge in [0, 0.05) is 11.6 Å². The molecule has 0 aliphatic rings. The summed E-state index contributed by atoms with van der Waals surface area (Å²) in [5.41, 5.74) is 0.141. The third-order valence-electron chi connectivity index (χ3n) is 1.40. The first-order valence-corrected chi connectivity index (χ1v) is 3.49. The van der Waals surface area contributed by atoms with Crippen molar-refractivity contribution in [2.45, 2.75) is 0 Å². The van der Waals surface area contributed by atoms with Crippen molar-refractivity contribution in [3.8, 4) is 5.75 Å². The monoisotopic (exact) mass is 182 g/mol. The van der Waals surface area contributed by atoms with Gasteiger partial charge in [-0.2, -0.15) is 0 Å². The molecule has 0 unspecified atom stereocenters. The maximum Gasteiger partial charge on any atom is 0.328 e. The topological polar surface area (TPSA) is 57.5 Å². The maximum absolute atomic E-state index is 12.6. The average Bonchev–Trinajstić information content (AvgIpc) is 2.06. The molecule has 68 valence electrons. The van der Waals surface area contributed by atoms with Crippen molar-refractivity contribution >= 4 is 12.0 Å². The fourth-order valence-corrected chi connectivity index (χ4v) is 0.820. The van der Waals surface area contributed by atoms with E-state index in [9.17, 15) is 9.18 Å². The second-order valence-corrected chi connectivity index (χ2v) is 2.37. The standard InChI is InChI=1S/C9H7FO3/c10-7-2-3-8(11)6(5-7)1-4-9(12)13/h1-5,11H,(H,12,13)/b4-1+. The molecule has 0 saturated carbocycles. The molecule has 1 aromatic rings. The van der Waals surface area contributed by atoms with E-state index in [1.807, 2.05) is 0 Å². The predicted octanol–water partition coefficient (Wildman–Crippen LogP) is 1.63. The number of rotatable bonds is 2. The Kier molecular flexibility index (Phi) is 2.64. The molecule has 3 nitrogen and oxygen atoms in total. The number of phenolic OH excluding ortho intramolecular Hbond substituents is 1. The normalized spacial score (nSPS) is 10.5. The van der Waals surface area contributed by atoms with Gasteiger partial charge in [0.1, 0.15) is 11.6 Å². The van der Waals surface area contributed by atoms with E-state index < -0.39 is 11.8 Å². The van der Waals surface area contributed by atoms with Gasteiger partial charge in [0.15, 0.2) is 0 Å². The van der Waals surface area contributed by atoms with E-state index in [0.29, 0.717) is 0 Å². The van der Waals surface area contributed by atoms with Crippen LogP contribution in [-0.2, 0) is 4.79 Å². The van der Waals surface area contributed by atoms with Crippen LogP contribution < -0.4 is 0 Å². The first-order chi connectivity index (χ1) is 6.09. The molecular weight excluding hydrogens is 175 g/mol. The Morgan fingerprint density at radius 3 is 2.77 bits per heavy atom. The summed E-state index contributed by atoms with van der Waals surface area (Å²) in [6.45, 7) is 0. The summed E-state index contributed by atoms with van der Waals surface area (Å²) in [6.07, 6.45) is 1.95. The molecule has 2 N–H and O–H groups in total. The number of carboxylic acids is 1. The molecule has 0 aliphatic heterocycles. The van der Waals surface area contributed by atoms with Crippen LogP contribution in [0.15, 0.2) is 24.3 Å². The Morgan fingerprint density at radius 2 is 2.15 bits per heavy atom. The van der Waals surface area contributed by atoms with Crippen molar-refractivity contribution < 1.29 is 19.4 Å². The number of halogens is 1. The van der Waals surface area contributed by atoms with Crippen molar-refractivity contribution in [3.05, 3.63) is 35.7 Å². The van der Waals surface area contributed by atoms with Crippen LogP contribution in [0.2, 0.25) is 0 Å². The molecule has 0 aromatic heterocycles. The minimum atomic E-state index is -1.15. The van der Waals surface area contributed by atoms with Crippen molar-refractivity contribution in [1.82, 2.24) is 0 Å². The summed E-state index contributed by atoms with van der Waals surface area (Å²) < 4.78 is 12.6. The summed E-state index contributed by atoms with van der Waals surface area (Å²) in [7, 11) is 0. The third kappa shape index (κ3) is 2.59. The van der Waals surface area contributed by atoms with Gasteiger partial charge >= 0.3 is 5.97 Å². The van der Waals surface area contributed by atoms with Gasteiger partial charge in [-0.05, 0) is 24.3 Å². The fraction of sp³-hybridized carbons (Fsp3) is 0.